The van der Waals surface area contributed by atoms with E-state index in [1.165, 1.54) is 6.07 Å². The molecule has 1 aliphatic rings. The van der Waals surface area contributed by atoms with Gasteiger partial charge in [-0.15, -0.1) is 0 Å². The highest BCUT2D eigenvalue weighted by atomic mass is 35.5. The van der Waals surface area contributed by atoms with Crippen LogP contribution < -0.4 is 4.72 Å². The molecule has 1 unspecified atom stereocenters. The van der Waals surface area contributed by atoms with Gasteiger partial charge < -0.3 is 0 Å². The number of nitro groups is 1. The molecule has 1 saturated carbocycles. The fourth-order valence-corrected chi connectivity index (χ4v) is 3.92. The van der Waals surface area contributed by atoms with E-state index in [0.717, 1.165) is 18.9 Å². The average Bonchev–Trinajstić information content (AvgIpc) is 3.10. The SMILES string of the molecule is Cc1cc(Cl)c([N+](=O)[O-])cc1S(=O)(=O)NC(C)C1CC1. The fourth-order valence-electron chi connectivity index (χ4n) is 2.07. The lowest BCUT2D eigenvalue weighted by atomic mass is 10.2. The van der Waals surface area contributed by atoms with Gasteiger partial charge in [-0.2, -0.15) is 0 Å². The van der Waals surface area contributed by atoms with Crippen LogP contribution in [-0.2, 0) is 10.0 Å². The molecule has 0 bridgehead atoms. The van der Waals surface area contributed by atoms with Gasteiger partial charge in [0.05, 0.1) is 9.82 Å². The molecule has 2 rings (SSSR count). The van der Waals surface area contributed by atoms with Crippen LogP contribution >= 0.6 is 11.6 Å². The van der Waals surface area contributed by atoms with Crippen LogP contribution in [0.2, 0.25) is 5.02 Å². The highest BCUT2D eigenvalue weighted by Crippen LogP contribution is 2.34. The van der Waals surface area contributed by atoms with Gasteiger partial charge in [-0.3, -0.25) is 10.1 Å². The second-order valence-corrected chi connectivity index (χ2v) is 7.16. The molecule has 8 heteroatoms. The average molecular weight is 319 g/mol. The van der Waals surface area contributed by atoms with Crippen molar-refractivity contribution in [2.45, 2.75) is 37.6 Å². The summed E-state index contributed by atoms with van der Waals surface area (Å²) in [5.41, 5.74) is -0.0205. The monoisotopic (exact) mass is 318 g/mol. The Kier molecular flexibility index (Phi) is 4.04. The van der Waals surface area contributed by atoms with E-state index in [4.69, 9.17) is 11.6 Å². The maximum absolute atomic E-state index is 12.3. The molecule has 1 aromatic carbocycles. The largest absolute Gasteiger partial charge is 0.289 e. The van der Waals surface area contributed by atoms with Gasteiger partial charge in [0.1, 0.15) is 5.02 Å². The minimum absolute atomic E-state index is 0.0679. The minimum atomic E-state index is -3.78. The Morgan fingerprint density at radius 3 is 2.55 bits per heavy atom. The number of halogens is 1. The molecule has 0 radical (unpaired) electrons. The normalized spacial score (nSPS) is 16.9. The molecule has 0 spiro atoms. The first-order valence-electron chi connectivity index (χ1n) is 6.19. The van der Waals surface area contributed by atoms with Crippen LogP contribution in [0.25, 0.3) is 0 Å². The molecular weight excluding hydrogens is 304 g/mol. The summed E-state index contributed by atoms with van der Waals surface area (Å²) in [5, 5.41) is 10.8. The molecule has 6 nitrogen and oxygen atoms in total. The van der Waals surface area contributed by atoms with E-state index in [0.29, 0.717) is 11.5 Å². The first-order chi connectivity index (χ1) is 9.22. The molecule has 20 heavy (non-hydrogen) atoms. The Labute approximate surface area is 122 Å². The molecule has 1 aliphatic carbocycles. The number of nitrogens with zero attached hydrogens (tertiary/aromatic N) is 1. The second-order valence-electron chi connectivity index (χ2n) is 5.07. The van der Waals surface area contributed by atoms with E-state index in [1.807, 2.05) is 0 Å². The fraction of sp³-hybridized carbons (Fsp3) is 0.500. The third-order valence-electron chi connectivity index (χ3n) is 3.40. The summed E-state index contributed by atoms with van der Waals surface area (Å²) < 4.78 is 27.2. The Morgan fingerprint density at radius 2 is 2.05 bits per heavy atom. The molecular formula is C12H15ClN2O4S. The number of sulfonamides is 1. The Morgan fingerprint density at radius 1 is 1.45 bits per heavy atom. The van der Waals surface area contributed by atoms with Crippen molar-refractivity contribution in [2.24, 2.45) is 5.92 Å². The van der Waals surface area contributed by atoms with Crippen LogP contribution in [0.15, 0.2) is 17.0 Å². The predicted molar refractivity (Wildman–Crippen MR) is 75.4 cm³/mol. The maximum atomic E-state index is 12.3. The van der Waals surface area contributed by atoms with E-state index in [-0.39, 0.29) is 16.0 Å². The summed E-state index contributed by atoms with van der Waals surface area (Å²) in [6, 6.07) is 2.14. The van der Waals surface area contributed by atoms with Crippen LogP contribution in [0, 0.1) is 23.0 Å². The Balaban J connectivity index is 2.39. The molecule has 0 aliphatic heterocycles. The van der Waals surface area contributed by atoms with Crippen molar-refractivity contribution in [3.05, 3.63) is 32.8 Å². The van der Waals surface area contributed by atoms with Crippen molar-refractivity contribution in [3.63, 3.8) is 0 Å². The molecule has 110 valence electrons. The smallest absolute Gasteiger partial charge is 0.258 e. The van der Waals surface area contributed by atoms with Crippen molar-refractivity contribution in [1.82, 2.24) is 4.72 Å². The van der Waals surface area contributed by atoms with E-state index in [9.17, 15) is 18.5 Å². The second kappa shape index (κ2) is 5.31. The zero-order chi connectivity index (χ0) is 15.1. The summed E-state index contributed by atoms with van der Waals surface area (Å²) >= 11 is 5.76. The molecule has 0 heterocycles. The third kappa shape index (κ3) is 3.11. The summed E-state index contributed by atoms with van der Waals surface area (Å²) in [7, 11) is -3.78. The molecule has 0 amide bonds. The highest BCUT2D eigenvalue weighted by Gasteiger charge is 2.32. The zero-order valence-electron chi connectivity index (χ0n) is 11.1. The molecule has 1 fully saturated rings. The lowest BCUT2D eigenvalue weighted by Crippen LogP contribution is -2.34. The molecule has 0 saturated heterocycles. The quantitative estimate of drug-likeness (QED) is 0.667. The van der Waals surface area contributed by atoms with E-state index in [2.05, 4.69) is 4.72 Å². The van der Waals surface area contributed by atoms with Gasteiger partial charge in [0.15, 0.2) is 0 Å². The molecule has 1 N–H and O–H groups in total. The van der Waals surface area contributed by atoms with Gasteiger partial charge in [-0.1, -0.05) is 11.6 Å². The van der Waals surface area contributed by atoms with Gasteiger partial charge in [0.25, 0.3) is 5.69 Å². The van der Waals surface area contributed by atoms with Crippen molar-refractivity contribution in [3.8, 4) is 0 Å². The number of benzene rings is 1. The number of hydrogen-bond acceptors (Lipinski definition) is 4. The third-order valence-corrected chi connectivity index (χ3v) is 5.40. The predicted octanol–water partition coefficient (Wildman–Crippen LogP) is 2.63. The lowest BCUT2D eigenvalue weighted by Gasteiger charge is -2.14. The molecule has 1 aromatic rings. The summed E-state index contributed by atoms with van der Waals surface area (Å²) in [6.45, 7) is 3.36. The minimum Gasteiger partial charge on any atom is -0.258 e. The number of nitrogens with one attached hydrogen (secondary N) is 1. The van der Waals surface area contributed by atoms with E-state index in [1.54, 1.807) is 13.8 Å². The molecule has 0 aromatic heterocycles. The molecule has 1 atom stereocenters. The number of nitro benzene ring substituents is 1. The summed E-state index contributed by atoms with van der Waals surface area (Å²) in [4.78, 5) is 10.1. The summed E-state index contributed by atoms with van der Waals surface area (Å²) in [6.07, 6.45) is 2.01. The first-order valence-corrected chi connectivity index (χ1v) is 8.05. The van der Waals surface area contributed by atoms with Gasteiger partial charge in [0, 0.05) is 12.1 Å². The number of aryl methyl sites for hydroxylation is 1. The Hall–Kier alpha value is -1.18. The van der Waals surface area contributed by atoms with Gasteiger partial charge in [-0.25, -0.2) is 13.1 Å². The topological polar surface area (TPSA) is 89.3 Å². The zero-order valence-corrected chi connectivity index (χ0v) is 12.7. The van der Waals surface area contributed by atoms with Crippen molar-refractivity contribution in [1.29, 1.82) is 0 Å². The van der Waals surface area contributed by atoms with Crippen LogP contribution in [0.3, 0.4) is 0 Å². The number of hydrogen-bond donors (Lipinski definition) is 1. The van der Waals surface area contributed by atoms with Crippen molar-refractivity contribution in [2.75, 3.05) is 0 Å². The highest BCUT2D eigenvalue weighted by molar-refractivity contribution is 7.89. The van der Waals surface area contributed by atoms with Gasteiger partial charge >= 0.3 is 0 Å². The lowest BCUT2D eigenvalue weighted by molar-refractivity contribution is -0.384. The van der Waals surface area contributed by atoms with Gasteiger partial charge in [-0.05, 0) is 44.2 Å². The van der Waals surface area contributed by atoms with E-state index >= 15 is 0 Å². The van der Waals surface area contributed by atoms with Crippen LogP contribution in [0.4, 0.5) is 5.69 Å². The summed E-state index contributed by atoms with van der Waals surface area (Å²) in [5.74, 6) is 0.354. The maximum Gasteiger partial charge on any atom is 0.289 e. The number of rotatable bonds is 5. The van der Waals surface area contributed by atoms with Gasteiger partial charge in [0.2, 0.25) is 10.0 Å². The Bertz CT molecular complexity index is 656. The van der Waals surface area contributed by atoms with Crippen molar-refractivity contribution < 1.29 is 13.3 Å². The van der Waals surface area contributed by atoms with Crippen molar-refractivity contribution >= 4 is 27.3 Å². The standard InChI is InChI=1S/C12H15ClN2O4S/c1-7-5-10(13)11(15(16)17)6-12(7)20(18,19)14-8(2)9-3-4-9/h5-6,8-9,14H,3-4H2,1-2H3. The van der Waals surface area contributed by atoms with E-state index < -0.39 is 20.6 Å². The first kappa shape index (κ1) is 15.2. The van der Waals surface area contributed by atoms with Crippen LogP contribution in [-0.4, -0.2) is 19.4 Å². The van der Waals surface area contributed by atoms with Crippen LogP contribution in [0.5, 0.6) is 0 Å². The van der Waals surface area contributed by atoms with Crippen LogP contribution in [0.1, 0.15) is 25.3 Å².